The number of piperidine rings is 1. The van der Waals surface area contributed by atoms with Gasteiger partial charge in [-0.1, -0.05) is 6.92 Å². The van der Waals surface area contributed by atoms with Gasteiger partial charge in [0.1, 0.15) is 0 Å². The average Bonchev–Trinajstić information content (AvgIpc) is 2.82. The highest BCUT2D eigenvalue weighted by Gasteiger charge is 2.30. The molecule has 0 aliphatic carbocycles. The Labute approximate surface area is 92.2 Å². The summed E-state index contributed by atoms with van der Waals surface area (Å²) < 4.78 is 0. The van der Waals surface area contributed by atoms with Gasteiger partial charge in [0.15, 0.2) is 0 Å². The van der Waals surface area contributed by atoms with Crippen molar-refractivity contribution in [3.8, 4) is 0 Å². The maximum absolute atomic E-state index is 11.6. The Bertz CT molecular complexity index is 224. The summed E-state index contributed by atoms with van der Waals surface area (Å²) in [6.07, 6.45) is 5.76. The van der Waals surface area contributed by atoms with E-state index in [-0.39, 0.29) is 0 Å². The molecule has 0 saturated carbocycles. The SMILES string of the molecule is CCC(=O)N1CCCC(C2CCCN2)C1. The summed E-state index contributed by atoms with van der Waals surface area (Å²) >= 11 is 0. The first-order valence-electron chi connectivity index (χ1n) is 6.32. The molecule has 2 fully saturated rings. The van der Waals surface area contributed by atoms with Crippen molar-refractivity contribution in [2.24, 2.45) is 5.92 Å². The zero-order chi connectivity index (χ0) is 10.7. The van der Waals surface area contributed by atoms with E-state index in [0.717, 1.165) is 13.1 Å². The fourth-order valence-corrected chi connectivity index (χ4v) is 2.90. The molecule has 0 bridgehead atoms. The first-order valence-corrected chi connectivity index (χ1v) is 6.32. The topological polar surface area (TPSA) is 32.3 Å². The fraction of sp³-hybridized carbons (Fsp3) is 0.917. The van der Waals surface area contributed by atoms with Crippen molar-refractivity contribution in [2.45, 2.75) is 45.1 Å². The van der Waals surface area contributed by atoms with Gasteiger partial charge in [0, 0.05) is 25.6 Å². The zero-order valence-corrected chi connectivity index (χ0v) is 9.67. The van der Waals surface area contributed by atoms with Gasteiger partial charge in [-0.3, -0.25) is 4.79 Å². The normalized spacial score (nSPS) is 31.9. The molecule has 2 saturated heterocycles. The minimum absolute atomic E-state index is 0.331. The summed E-state index contributed by atoms with van der Waals surface area (Å²) in [4.78, 5) is 13.7. The molecule has 3 heteroatoms. The smallest absolute Gasteiger partial charge is 0.222 e. The van der Waals surface area contributed by atoms with Gasteiger partial charge in [-0.25, -0.2) is 0 Å². The van der Waals surface area contributed by atoms with Crippen molar-refractivity contribution in [2.75, 3.05) is 19.6 Å². The van der Waals surface area contributed by atoms with Crippen LogP contribution in [-0.4, -0.2) is 36.5 Å². The Morgan fingerprint density at radius 1 is 1.40 bits per heavy atom. The molecule has 2 atom stereocenters. The van der Waals surface area contributed by atoms with Crippen molar-refractivity contribution >= 4 is 5.91 Å². The highest BCUT2D eigenvalue weighted by Crippen LogP contribution is 2.24. The van der Waals surface area contributed by atoms with Gasteiger partial charge in [0.2, 0.25) is 5.91 Å². The molecule has 1 amide bonds. The van der Waals surface area contributed by atoms with E-state index >= 15 is 0 Å². The highest BCUT2D eigenvalue weighted by atomic mass is 16.2. The minimum Gasteiger partial charge on any atom is -0.342 e. The lowest BCUT2D eigenvalue weighted by molar-refractivity contribution is -0.132. The third kappa shape index (κ3) is 2.51. The maximum atomic E-state index is 11.6. The van der Waals surface area contributed by atoms with E-state index in [4.69, 9.17) is 0 Å². The summed E-state index contributed by atoms with van der Waals surface area (Å²) in [6.45, 7) is 5.10. The van der Waals surface area contributed by atoms with E-state index in [0.29, 0.717) is 24.3 Å². The van der Waals surface area contributed by atoms with E-state index in [1.165, 1.54) is 32.2 Å². The number of nitrogens with one attached hydrogen (secondary N) is 1. The van der Waals surface area contributed by atoms with Crippen LogP contribution in [0, 0.1) is 5.92 Å². The second kappa shape index (κ2) is 4.97. The van der Waals surface area contributed by atoms with Crippen LogP contribution in [0.5, 0.6) is 0 Å². The van der Waals surface area contributed by atoms with Gasteiger partial charge in [0.05, 0.1) is 0 Å². The van der Waals surface area contributed by atoms with Crippen molar-refractivity contribution in [1.82, 2.24) is 10.2 Å². The lowest BCUT2D eigenvalue weighted by atomic mass is 9.89. The van der Waals surface area contributed by atoms with Crippen LogP contribution in [-0.2, 0) is 4.79 Å². The van der Waals surface area contributed by atoms with Gasteiger partial charge in [-0.05, 0) is 38.1 Å². The van der Waals surface area contributed by atoms with E-state index in [2.05, 4.69) is 10.2 Å². The number of nitrogens with zero attached hydrogens (tertiary/aromatic N) is 1. The van der Waals surface area contributed by atoms with Crippen molar-refractivity contribution in [3.63, 3.8) is 0 Å². The summed E-state index contributed by atoms with van der Waals surface area (Å²) in [5.74, 6) is 1.04. The maximum Gasteiger partial charge on any atom is 0.222 e. The Kier molecular flexibility index (Phi) is 3.62. The van der Waals surface area contributed by atoms with Crippen LogP contribution in [0.3, 0.4) is 0 Å². The number of amides is 1. The zero-order valence-electron chi connectivity index (χ0n) is 9.67. The molecular formula is C12H22N2O. The second-order valence-electron chi connectivity index (χ2n) is 4.80. The number of rotatable bonds is 2. The van der Waals surface area contributed by atoms with Gasteiger partial charge < -0.3 is 10.2 Å². The van der Waals surface area contributed by atoms with Crippen LogP contribution < -0.4 is 5.32 Å². The second-order valence-corrected chi connectivity index (χ2v) is 4.80. The molecule has 1 N–H and O–H groups in total. The summed E-state index contributed by atoms with van der Waals surface area (Å²) in [5, 5.41) is 3.57. The number of likely N-dealkylation sites (tertiary alicyclic amines) is 1. The summed E-state index contributed by atoms with van der Waals surface area (Å²) in [5.41, 5.74) is 0. The lowest BCUT2D eigenvalue weighted by Crippen LogP contribution is -2.45. The average molecular weight is 210 g/mol. The Morgan fingerprint density at radius 2 is 2.27 bits per heavy atom. The predicted molar refractivity (Wildman–Crippen MR) is 60.6 cm³/mol. The van der Waals surface area contributed by atoms with E-state index < -0.39 is 0 Å². The number of carbonyl (C=O) groups excluding carboxylic acids is 1. The molecule has 0 aromatic rings. The summed E-state index contributed by atoms with van der Waals surface area (Å²) in [6, 6.07) is 0.678. The molecule has 15 heavy (non-hydrogen) atoms. The van der Waals surface area contributed by atoms with Crippen LogP contribution in [0.1, 0.15) is 39.0 Å². The van der Waals surface area contributed by atoms with Crippen LogP contribution in [0.2, 0.25) is 0 Å². The molecule has 2 rings (SSSR count). The first-order chi connectivity index (χ1) is 7.31. The first kappa shape index (κ1) is 10.9. The monoisotopic (exact) mass is 210 g/mol. The lowest BCUT2D eigenvalue weighted by Gasteiger charge is -2.35. The van der Waals surface area contributed by atoms with Gasteiger partial charge in [0.25, 0.3) is 0 Å². The van der Waals surface area contributed by atoms with E-state index in [1.54, 1.807) is 0 Å². The Hall–Kier alpha value is -0.570. The molecule has 2 aliphatic heterocycles. The molecule has 2 aliphatic rings. The standard InChI is InChI=1S/C12H22N2O/c1-2-12(15)14-8-4-5-10(9-14)11-6-3-7-13-11/h10-11,13H,2-9H2,1H3. The van der Waals surface area contributed by atoms with Crippen molar-refractivity contribution < 1.29 is 4.79 Å². The highest BCUT2D eigenvalue weighted by molar-refractivity contribution is 5.75. The third-order valence-electron chi connectivity index (χ3n) is 3.78. The molecule has 0 aromatic carbocycles. The third-order valence-corrected chi connectivity index (χ3v) is 3.78. The largest absolute Gasteiger partial charge is 0.342 e. The molecule has 0 spiro atoms. The molecule has 86 valence electrons. The Morgan fingerprint density at radius 3 is 2.93 bits per heavy atom. The quantitative estimate of drug-likeness (QED) is 0.747. The molecule has 2 heterocycles. The molecular weight excluding hydrogens is 188 g/mol. The van der Waals surface area contributed by atoms with Gasteiger partial charge >= 0.3 is 0 Å². The number of hydrogen-bond donors (Lipinski definition) is 1. The molecule has 0 radical (unpaired) electrons. The number of carbonyl (C=O) groups is 1. The predicted octanol–water partition coefficient (Wildman–Crippen LogP) is 1.39. The molecule has 2 unspecified atom stereocenters. The molecule has 0 aromatic heterocycles. The minimum atomic E-state index is 0.331. The van der Waals surface area contributed by atoms with Gasteiger partial charge in [-0.2, -0.15) is 0 Å². The van der Waals surface area contributed by atoms with Crippen LogP contribution in [0.4, 0.5) is 0 Å². The van der Waals surface area contributed by atoms with E-state index in [9.17, 15) is 4.79 Å². The number of hydrogen-bond acceptors (Lipinski definition) is 2. The Balaban J connectivity index is 1.88. The van der Waals surface area contributed by atoms with Crippen LogP contribution >= 0.6 is 0 Å². The van der Waals surface area contributed by atoms with Crippen molar-refractivity contribution in [1.29, 1.82) is 0 Å². The van der Waals surface area contributed by atoms with Gasteiger partial charge in [-0.15, -0.1) is 0 Å². The summed E-state index contributed by atoms with van der Waals surface area (Å²) in [7, 11) is 0. The van der Waals surface area contributed by atoms with E-state index in [1.807, 2.05) is 6.92 Å². The molecule has 3 nitrogen and oxygen atoms in total. The van der Waals surface area contributed by atoms with Crippen molar-refractivity contribution in [3.05, 3.63) is 0 Å². The van der Waals surface area contributed by atoms with Crippen LogP contribution in [0.15, 0.2) is 0 Å². The fourth-order valence-electron chi connectivity index (χ4n) is 2.90. The van der Waals surface area contributed by atoms with Crippen LogP contribution in [0.25, 0.3) is 0 Å².